The molecule has 0 saturated carbocycles. The van der Waals surface area contributed by atoms with Gasteiger partial charge in [0.2, 0.25) is 0 Å². The Morgan fingerprint density at radius 2 is 2.00 bits per heavy atom. The first-order valence-electron chi connectivity index (χ1n) is 5.29. The van der Waals surface area contributed by atoms with Gasteiger partial charge in [-0.05, 0) is 31.8 Å². The average molecular weight is 170 g/mol. The first kappa shape index (κ1) is 10.0. The Kier molecular flexibility index (Phi) is 4.62. The first-order valence-corrected chi connectivity index (χ1v) is 5.29. The van der Waals surface area contributed by atoms with Crippen LogP contribution >= 0.6 is 0 Å². The summed E-state index contributed by atoms with van der Waals surface area (Å²) in [4.78, 5) is 2.56. The number of hydrogen-bond donors (Lipinski definition) is 1. The Hall–Kier alpha value is -0.0800. The van der Waals surface area contributed by atoms with E-state index in [-0.39, 0.29) is 0 Å². The van der Waals surface area contributed by atoms with Crippen LogP contribution in [-0.2, 0) is 0 Å². The van der Waals surface area contributed by atoms with Crippen LogP contribution in [0.15, 0.2) is 0 Å². The molecule has 0 atom stereocenters. The molecule has 0 aliphatic carbocycles. The highest BCUT2D eigenvalue weighted by molar-refractivity contribution is 4.77. The Morgan fingerprint density at radius 1 is 1.25 bits per heavy atom. The fourth-order valence-electron chi connectivity index (χ4n) is 1.77. The maximum atomic E-state index is 5.42. The summed E-state index contributed by atoms with van der Waals surface area (Å²) >= 11 is 0. The van der Waals surface area contributed by atoms with Crippen molar-refractivity contribution in [1.29, 1.82) is 0 Å². The van der Waals surface area contributed by atoms with Gasteiger partial charge >= 0.3 is 0 Å². The molecular formula is C10H22N2. The highest BCUT2D eigenvalue weighted by atomic mass is 15.2. The summed E-state index contributed by atoms with van der Waals surface area (Å²) in [6, 6.07) is 0. The van der Waals surface area contributed by atoms with Crippen LogP contribution in [0, 0.1) is 5.92 Å². The molecule has 0 radical (unpaired) electrons. The summed E-state index contributed by atoms with van der Waals surface area (Å²) in [6.45, 7) is 7.14. The topological polar surface area (TPSA) is 29.3 Å². The molecule has 0 aromatic heterocycles. The molecule has 1 saturated heterocycles. The standard InChI is InChI=1S/C10H22N2/c1-2-10-8-12(9-10)7-5-3-4-6-11/h10H,2-9,11H2,1H3. The van der Waals surface area contributed by atoms with E-state index in [1.54, 1.807) is 0 Å². The Bertz CT molecular complexity index is 108. The van der Waals surface area contributed by atoms with Gasteiger partial charge in [-0.15, -0.1) is 0 Å². The molecule has 0 amide bonds. The maximum Gasteiger partial charge on any atom is 0.00219 e. The van der Waals surface area contributed by atoms with Crippen LogP contribution in [0.25, 0.3) is 0 Å². The Morgan fingerprint density at radius 3 is 2.58 bits per heavy atom. The fourth-order valence-corrected chi connectivity index (χ4v) is 1.77. The molecule has 2 nitrogen and oxygen atoms in total. The van der Waals surface area contributed by atoms with Gasteiger partial charge in [-0.3, -0.25) is 0 Å². The summed E-state index contributed by atoms with van der Waals surface area (Å²) in [6.07, 6.45) is 5.21. The van der Waals surface area contributed by atoms with Gasteiger partial charge in [-0.2, -0.15) is 0 Å². The molecule has 1 heterocycles. The zero-order chi connectivity index (χ0) is 8.81. The second-order valence-electron chi connectivity index (χ2n) is 3.88. The van der Waals surface area contributed by atoms with E-state index < -0.39 is 0 Å². The summed E-state index contributed by atoms with van der Waals surface area (Å²) in [7, 11) is 0. The molecule has 1 aliphatic rings. The van der Waals surface area contributed by atoms with Crippen LogP contribution in [0.3, 0.4) is 0 Å². The van der Waals surface area contributed by atoms with Gasteiger partial charge in [0, 0.05) is 13.1 Å². The normalized spacial score (nSPS) is 19.5. The summed E-state index contributed by atoms with van der Waals surface area (Å²) < 4.78 is 0. The molecule has 1 fully saturated rings. The largest absolute Gasteiger partial charge is 0.330 e. The molecule has 0 bridgehead atoms. The van der Waals surface area contributed by atoms with Crippen molar-refractivity contribution in [1.82, 2.24) is 4.90 Å². The second-order valence-corrected chi connectivity index (χ2v) is 3.88. The lowest BCUT2D eigenvalue weighted by molar-refractivity contribution is 0.0958. The fraction of sp³-hybridized carbons (Fsp3) is 1.00. The van der Waals surface area contributed by atoms with Crippen molar-refractivity contribution in [3.63, 3.8) is 0 Å². The molecule has 0 aromatic rings. The lowest BCUT2D eigenvalue weighted by atomic mass is 9.97. The zero-order valence-electron chi connectivity index (χ0n) is 8.26. The number of nitrogens with two attached hydrogens (primary N) is 1. The lowest BCUT2D eigenvalue weighted by Gasteiger charge is -2.38. The van der Waals surface area contributed by atoms with Gasteiger partial charge in [0.05, 0.1) is 0 Å². The SMILES string of the molecule is CCC1CN(CCCCCN)C1. The van der Waals surface area contributed by atoms with E-state index in [2.05, 4.69) is 11.8 Å². The highest BCUT2D eigenvalue weighted by Crippen LogP contribution is 2.18. The first-order chi connectivity index (χ1) is 5.86. The van der Waals surface area contributed by atoms with E-state index >= 15 is 0 Å². The van der Waals surface area contributed by atoms with Crippen molar-refractivity contribution >= 4 is 0 Å². The van der Waals surface area contributed by atoms with Gasteiger partial charge in [0.15, 0.2) is 0 Å². The Labute approximate surface area is 76.1 Å². The third-order valence-electron chi connectivity index (χ3n) is 2.79. The molecule has 0 aromatic carbocycles. The number of unbranched alkanes of at least 4 members (excludes halogenated alkanes) is 2. The molecule has 2 heteroatoms. The van der Waals surface area contributed by atoms with Crippen LogP contribution in [0.5, 0.6) is 0 Å². The van der Waals surface area contributed by atoms with Crippen LogP contribution < -0.4 is 5.73 Å². The van der Waals surface area contributed by atoms with E-state index in [0.717, 1.165) is 12.5 Å². The zero-order valence-corrected chi connectivity index (χ0v) is 8.26. The summed E-state index contributed by atoms with van der Waals surface area (Å²) in [5, 5.41) is 0. The number of nitrogens with zero attached hydrogens (tertiary/aromatic N) is 1. The van der Waals surface area contributed by atoms with Crippen molar-refractivity contribution < 1.29 is 0 Å². The van der Waals surface area contributed by atoms with E-state index in [4.69, 9.17) is 5.73 Å². The van der Waals surface area contributed by atoms with Crippen LogP contribution in [-0.4, -0.2) is 31.1 Å². The molecule has 1 aliphatic heterocycles. The molecule has 0 spiro atoms. The number of hydrogen-bond acceptors (Lipinski definition) is 2. The van der Waals surface area contributed by atoms with Crippen LogP contribution in [0.1, 0.15) is 32.6 Å². The Balaban J connectivity index is 1.83. The average Bonchev–Trinajstić information content (AvgIpc) is 2.01. The van der Waals surface area contributed by atoms with E-state index in [1.165, 1.54) is 45.3 Å². The van der Waals surface area contributed by atoms with Crippen molar-refractivity contribution in [3.8, 4) is 0 Å². The van der Waals surface area contributed by atoms with E-state index in [1.807, 2.05) is 0 Å². The maximum absolute atomic E-state index is 5.42. The third kappa shape index (κ3) is 3.11. The summed E-state index contributed by atoms with van der Waals surface area (Å²) in [5.74, 6) is 1.000. The monoisotopic (exact) mass is 170 g/mol. The second kappa shape index (κ2) is 5.55. The molecular weight excluding hydrogens is 148 g/mol. The minimum Gasteiger partial charge on any atom is -0.330 e. The molecule has 72 valence electrons. The van der Waals surface area contributed by atoms with Gasteiger partial charge in [-0.25, -0.2) is 0 Å². The number of rotatable bonds is 6. The molecule has 2 N–H and O–H groups in total. The van der Waals surface area contributed by atoms with Gasteiger partial charge in [0.1, 0.15) is 0 Å². The van der Waals surface area contributed by atoms with Crippen LogP contribution in [0.2, 0.25) is 0 Å². The summed E-state index contributed by atoms with van der Waals surface area (Å²) in [5.41, 5.74) is 5.42. The molecule has 1 rings (SSSR count). The minimum absolute atomic E-state index is 0.859. The van der Waals surface area contributed by atoms with Crippen molar-refractivity contribution in [3.05, 3.63) is 0 Å². The van der Waals surface area contributed by atoms with Crippen molar-refractivity contribution in [2.75, 3.05) is 26.2 Å². The van der Waals surface area contributed by atoms with Crippen molar-refractivity contribution in [2.45, 2.75) is 32.6 Å². The highest BCUT2D eigenvalue weighted by Gasteiger charge is 2.23. The molecule has 12 heavy (non-hydrogen) atoms. The molecule has 0 unspecified atom stereocenters. The minimum atomic E-state index is 0.859. The van der Waals surface area contributed by atoms with E-state index in [0.29, 0.717) is 0 Å². The van der Waals surface area contributed by atoms with Gasteiger partial charge in [0.25, 0.3) is 0 Å². The number of likely N-dealkylation sites (tertiary alicyclic amines) is 1. The van der Waals surface area contributed by atoms with E-state index in [9.17, 15) is 0 Å². The van der Waals surface area contributed by atoms with Crippen LogP contribution in [0.4, 0.5) is 0 Å². The third-order valence-corrected chi connectivity index (χ3v) is 2.79. The smallest absolute Gasteiger partial charge is 0.00219 e. The predicted molar refractivity (Wildman–Crippen MR) is 53.1 cm³/mol. The van der Waals surface area contributed by atoms with Gasteiger partial charge in [-0.1, -0.05) is 19.8 Å². The quantitative estimate of drug-likeness (QED) is 0.611. The predicted octanol–water partition coefficient (Wildman–Crippen LogP) is 1.46. The van der Waals surface area contributed by atoms with Crippen molar-refractivity contribution in [2.24, 2.45) is 11.7 Å². The lowest BCUT2D eigenvalue weighted by Crippen LogP contribution is -2.46. The van der Waals surface area contributed by atoms with Gasteiger partial charge < -0.3 is 10.6 Å².